The number of thiophene rings is 1. The number of para-hydroxylation sites is 2. The van der Waals surface area contributed by atoms with Crippen LogP contribution in [0.15, 0.2) is 63.3 Å². The van der Waals surface area contributed by atoms with Crippen molar-refractivity contribution in [2.45, 2.75) is 44.5 Å². The van der Waals surface area contributed by atoms with Crippen LogP contribution in [0.5, 0.6) is 0 Å². The molecule has 1 N–H and O–H groups in total. The van der Waals surface area contributed by atoms with E-state index < -0.39 is 0 Å². The largest absolute Gasteiger partial charge is 0.309 e. The monoisotopic (exact) mass is 488 g/mol. The first kappa shape index (κ1) is 22.6. The smallest absolute Gasteiger partial charge is 0.266 e. The lowest BCUT2D eigenvalue weighted by atomic mass is 10.0. The summed E-state index contributed by atoms with van der Waals surface area (Å²) in [5, 5.41) is 1.80. The van der Waals surface area contributed by atoms with E-state index in [1.165, 1.54) is 23.1 Å². The lowest BCUT2D eigenvalue weighted by Crippen LogP contribution is -2.23. The molecule has 0 radical (unpaired) electrons. The Labute approximate surface area is 204 Å². The van der Waals surface area contributed by atoms with E-state index in [1.807, 2.05) is 62.4 Å². The molecule has 3 heterocycles. The number of hydrogen-bond acceptors (Lipinski definition) is 6. The molecular formula is C26H24N4O2S2. The topological polar surface area (TPSA) is 80.6 Å². The van der Waals surface area contributed by atoms with E-state index in [1.54, 1.807) is 4.57 Å². The van der Waals surface area contributed by atoms with Crippen LogP contribution >= 0.6 is 23.1 Å². The van der Waals surface area contributed by atoms with Crippen LogP contribution in [0.4, 0.5) is 0 Å². The quantitative estimate of drug-likeness (QED) is 0.253. The lowest BCUT2D eigenvalue weighted by Gasteiger charge is -2.18. The van der Waals surface area contributed by atoms with Crippen molar-refractivity contribution >= 4 is 44.2 Å². The number of aryl methyl sites for hydroxylation is 2. The predicted octanol–water partition coefficient (Wildman–Crippen LogP) is 5.72. The van der Waals surface area contributed by atoms with Crippen LogP contribution in [-0.4, -0.2) is 19.5 Å². The van der Waals surface area contributed by atoms with E-state index in [9.17, 15) is 9.59 Å². The first-order valence-electron chi connectivity index (χ1n) is 11.1. The van der Waals surface area contributed by atoms with Crippen molar-refractivity contribution in [2.24, 2.45) is 0 Å². The summed E-state index contributed by atoms with van der Waals surface area (Å²) in [5.41, 5.74) is 3.28. The van der Waals surface area contributed by atoms with Crippen molar-refractivity contribution in [3.63, 3.8) is 0 Å². The van der Waals surface area contributed by atoms with Crippen LogP contribution in [0.2, 0.25) is 0 Å². The number of hydrogen-bond donors (Lipinski definition) is 1. The fraction of sp³-hybridized carbons (Fsp3) is 0.231. The van der Waals surface area contributed by atoms with Crippen molar-refractivity contribution in [1.29, 1.82) is 0 Å². The van der Waals surface area contributed by atoms with Gasteiger partial charge in [0.25, 0.3) is 11.1 Å². The maximum atomic E-state index is 13.6. The third kappa shape index (κ3) is 3.86. The normalized spacial score (nSPS) is 11.7. The minimum atomic E-state index is -0.128. The summed E-state index contributed by atoms with van der Waals surface area (Å²) in [5.74, 6) is 1.18. The van der Waals surface area contributed by atoms with Crippen LogP contribution < -0.4 is 11.1 Å². The van der Waals surface area contributed by atoms with Crippen LogP contribution in [0, 0.1) is 13.8 Å². The molecule has 8 heteroatoms. The van der Waals surface area contributed by atoms with Gasteiger partial charge in [-0.25, -0.2) is 9.97 Å². The number of benzene rings is 2. The molecule has 172 valence electrons. The zero-order valence-electron chi connectivity index (χ0n) is 19.4. The van der Waals surface area contributed by atoms with Gasteiger partial charge in [0.05, 0.1) is 27.7 Å². The summed E-state index contributed by atoms with van der Waals surface area (Å²) in [4.78, 5) is 40.6. The van der Waals surface area contributed by atoms with Crippen LogP contribution in [0.1, 0.15) is 41.6 Å². The summed E-state index contributed by atoms with van der Waals surface area (Å²) in [7, 11) is 0. The maximum Gasteiger partial charge on any atom is 0.266 e. The molecule has 0 fully saturated rings. The number of H-pyrrole nitrogens is 1. The molecule has 0 amide bonds. The van der Waals surface area contributed by atoms with Gasteiger partial charge in [0.2, 0.25) is 0 Å². The van der Waals surface area contributed by atoms with Gasteiger partial charge < -0.3 is 4.98 Å². The molecule has 0 spiro atoms. The molecule has 0 aliphatic carbocycles. The van der Waals surface area contributed by atoms with Gasteiger partial charge in [0, 0.05) is 4.88 Å². The lowest BCUT2D eigenvalue weighted by molar-refractivity contribution is 0.780. The zero-order valence-corrected chi connectivity index (χ0v) is 21.0. The van der Waals surface area contributed by atoms with Gasteiger partial charge in [-0.05, 0) is 49.1 Å². The average Bonchev–Trinajstić information content (AvgIpc) is 3.11. The van der Waals surface area contributed by atoms with E-state index in [0.29, 0.717) is 33.0 Å². The number of rotatable bonds is 5. The molecule has 0 aliphatic rings. The number of aromatic nitrogens is 4. The van der Waals surface area contributed by atoms with Gasteiger partial charge in [-0.3, -0.25) is 14.2 Å². The molecular weight excluding hydrogens is 464 g/mol. The summed E-state index contributed by atoms with van der Waals surface area (Å²) >= 11 is 2.92. The Balaban J connectivity index is 1.64. The van der Waals surface area contributed by atoms with Crippen LogP contribution in [0.25, 0.3) is 26.8 Å². The molecule has 0 saturated heterocycles. The average molecular weight is 489 g/mol. The second-order valence-corrected chi connectivity index (χ2v) is 10.7. The minimum absolute atomic E-state index is 0.109. The van der Waals surface area contributed by atoms with Crippen LogP contribution in [-0.2, 0) is 5.75 Å². The molecule has 0 atom stereocenters. The van der Waals surface area contributed by atoms with Gasteiger partial charge in [-0.1, -0.05) is 55.9 Å². The second-order valence-electron chi connectivity index (χ2n) is 8.53. The van der Waals surface area contributed by atoms with E-state index in [4.69, 9.17) is 9.97 Å². The second kappa shape index (κ2) is 8.85. The fourth-order valence-electron chi connectivity index (χ4n) is 4.10. The number of aromatic amines is 1. The van der Waals surface area contributed by atoms with E-state index in [-0.39, 0.29) is 17.0 Å². The van der Waals surface area contributed by atoms with E-state index in [0.717, 1.165) is 26.5 Å². The van der Waals surface area contributed by atoms with Gasteiger partial charge >= 0.3 is 0 Å². The van der Waals surface area contributed by atoms with Crippen LogP contribution in [0.3, 0.4) is 0 Å². The highest BCUT2D eigenvalue weighted by Crippen LogP contribution is 2.29. The first-order chi connectivity index (χ1) is 16.3. The zero-order chi connectivity index (χ0) is 24.0. The first-order valence-corrected chi connectivity index (χ1v) is 12.9. The molecule has 5 aromatic rings. The Hall–Kier alpha value is -3.23. The number of thioether (sulfide) groups is 1. The molecule has 3 aromatic heterocycles. The Kier molecular flexibility index (Phi) is 5.87. The van der Waals surface area contributed by atoms with Crippen molar-refractivity contribution in [3.8, 4) is 5.69 Å². The highest BCUT2D eigenvalue weighted by Gasteiger charge is 2.18. The summed E-state index contributed by atoms with van der Waals surface area (Å²) in [6.07, 6.45) is 0. The Bertz CT molecular complexity index is 1660. The molecule has 0 aliphatic heterocycles. The standard InChI is InChI=1S/C26H24N4O2S2/c1-14(2)17-9-6-8-12-20(17)30-25(32)18-10-5-7-11-19(18)27-26(30)33-13-21-28-23(31)22-15(3)16(4)34-24(22)29-21/h5-12,14H,13H2,1-4H3,(H,28,29,31). The number of fused-ring (bicyclic) bond motifs is 2. The Morgan fingerprint density at radius 2 is 1.76 bits per heavy atom. The fourth-order valence-corrected chi connectivity index (χ4v) is 6.03. The van der Waals surface area contributed by atoms with Crippen molar-refractivity contribution in [1.82, 2.24) is 19.5 Å². The molecule has 5 rings (SSSR count). The summed E-state index contributed by atoms with van der Waals surface area (Å²) in [6.45, 7) is 8.17. The summed E-state index contributed by atoms with van der Waals surface area (Å²) in [6, 6.07) is 15.3. The molecule has 0 unspecified atom stereocenters. The van der Waals surface area contributed by atoms with Gasteiger partial charge in [-0.2, -0.15) is 0 Å². The van der Waals surface area contributed by atoms with Gasteiger partial charge in [0.15, 0.2) is 5.16 Å². The van der Waals surface area contributed by atoms with E-state index in [2.05, 4.69) is 18.8 Å². The Morgan fingerprint density at radius 1 is 1.03 bits per heavy atom. The molecule has 6 nitrogen and oxygen atoms in total. The molecule has 0 bridgehead atoms. The maximum absolute atomic E-state index is 13.6. The third-order valence-corrected chi connectivity index (χ3v) is 8.02. The molecule has 0 saturated carbocycles. The third-order valence-electron chi connectivity index (χ3n) is 5.97. The highest BCUT2D eigenvalue weighted by atomic mass is 32.2. The van der Waals surface area contributed by atoms with Crippen molar-refractivity contribution in [3.05, 3.63) is 91.1 Å². The predicted molar refractivity (Wildman–Crippen MR) is 141 cm³/mol. The van der Waals surface area contributed by atoms with Gasteiger partial charge in [-0.15, -0.1) is 11.3 Å². The highest BCUT2D eigenvalue weighted by molar-refractivity contribution is 7.98. The SMILES string of the molecule is Cc1sc2nc(CSc3nc4ccccc4c(=O)n3-c3ccccc3C(C)C)[nH]c(=O)c2c1C. The van der Waals surface area contributed by atoms with E-state index >= 15 is 0 Å². The Morgan fingerprint density at radius 3 is 2.56 bits per heavy atom. The minimum Gasteiger partial charge on any atom is -0.309 e. The molecule has 34 heavy (non-hydrogen) atoms. The van der Waals surface area contributed by atoms with Crippen molar-refractivity contribution in [2.75, 3.05) is 0 Å². The van der Waals surface area contributed by atoms with Crippen molar-refractivity contribution < 1.29 is 0 Å². The molecule has 2 aromatic carbocycles. The van der Waals surface area contributed by atoms with Gasteiger partial charge in [0.1, 0.15) is 10.7 Å². The number of nitrogens with one attached hydrogen (secondary N) is 1. The number of nitrogens with zero attached hydrogens (tertiary/aromatic N) is 3. The summed E-state index contributed by atoms with van der Waals surface area (Å²) < 4.78 is 1.69.